The van der Waals surface area contributed by atoms with Gasteiger partial charge in [-0.3, -0.25) is 10.1 Å². The Morgan fingerprint density at radius 2 is 2.16 bits per heavy atom. The summed E-state index contributed by atoms with van der Waals surface area (Å²) in [6.07, 6.45) is 0. The second-order valence-corrected chi connectivity index (χ2v) is 5.02. The second-order valence-electron chi connectivity index (χ2n) is 4.16. The first-order valence-corrected chi connectivity index (χ1v) is 6.37. The Morgan fingerprint density at radius 1 is 1.42 bits per heavy atom. The van der Waals surface area contributed by atoms with Gasteiger partial charge in [0.25, 0.3) is 5.69 Å². The summed E-state index contributed by atoms with van der Waals surface area (Å²) in [6, 6.07) is 5.05. The van der Waals surface area contributed by atoms with Crippen LogP contribution in [0.1, 0.15) is 17.0 Å². The Morgan fingerprint density at radius 3 is 2.74 bits per heavy atom. The lowest BCUT2D eigenvalue weighted by atomic mass is 10.2. The number of halogens is 1. The third-order valence-corrected chi connectivity index (χ3v) is 3.27. The fourth-order valence-electron chi connectivity index (χ4n) is 1.69. The molecule has 19 heavy (non-hydrogen) atoms. The van der Waals surface area contributed by atoms with E-state index >= 15 is 0 Å². The van der Waals surface area contributed by atoms with E-state index in [9.17, 15) is 10.1 Å². The number of rotatable bonds is 4. The number of hydrogen-bond donors (Lipinski definition) is 1. The Hall–Kier alpha value is -1.89. The van der Waals surface area contributed by atoms with Crippen LogP contribution in [0.15, 0.2) is 27.2 Å². The maximum atomic E-state index is 10.8. The molecule has 100 valence electrons. The minimum absolute atomic E-state index is 0.0907. The summed E-state index contributed by atoms with van der Waals surface area (Å²) in [7, 11) is 0. The van der Waals surface area contributed by atoms with Crippen LogP contribution in [0.4, 0.5) is 11.4 Å². The van der Waals surface area contributed by atoms with E-state index in [0.717, 1.165) is 11.4 Å². The molecule has 1 heterocycles. The van der Waals surface area contributed by atoms with Crippen molar-refractivity contribution in [2.45, 2.75) is 20.4 Å². The van der Waals surface area contributed by atoms with Crippen LogP contribution in [0, 0.1) is 24.0 Å². The average molecular weight is 326 g/mol. The molecule has 0 amide bonds. The predicted molar refractivity (Wildman–Crippen MR) is 74.1 cm³/mol. The van der Waals surface area contributed by atoms with Crippen LogP contribution in [-0.2, 0) is 6.54 Å². The minimum Gasteiger partial charge on any atom is -0.377 e. The van der Waals surface area contributed by atoms with Crippen LogP contribution in [-0.4, -0.2) is 10.1 Å². The summed E-state index contributed by atoms with van der Waals surface area (Å²) in [5.74, 6) is 0.709. The minimum atomic E-state index is -0.399. The van der Waals surface area contributed by atoms with Gasteiger partial charge in [-0.15, -0.1) is 0 Å². The molecule has 6 nitrogen and oxygen atoms in total. The highest BCUT2D eigenvalue weighted by atomic mass is 79.9. The molecular formula is C12H12BrN3O3. The Labute approximate surface area is 118 Å². The zero-order valence-corrected chi connectivity index (χ0v) is 12.0. The molecule has 0 saturated carbocycles. The van der Waals surface area contributed by atoms with Crippen molar-refractivity contribution < 1.29 is 9.45 Å². The van der Waals surface area contributed by atoms with Gasteiger partial charge in [0.15, 0.2) is 5.76 Å². The van der Waals surface area contributed by atoms with Gasteiger partial charge in [0.05, 0.1) is 17.2 Å². The third kappa shape index (κ3) is 3.11. The van der Waals surface area contributed by atoms with E-state index in [1.165, 1.54) is 6.07 Å². The zero-order chi connectivity index (χ0) is 14.0. The topological polar surface area (TPSA) is 81.2 Å². The van der Waals surface area contributed by atoms with E-state index in [1.54, 1.807) is 13.0 Å². The van der Waals surface area contributed by atoms with E-state index in [-0.39, 0.29) is 5.69 Å². The van der Waals surface area contributed by atoms with Crippen LogP contribution >= 0.6 is 15.9 Å². The number of nitrogens with zero attached hydrogens (tertiary/aromatic N) is 2. The quantitative estimate of drug-likeness (QED) is 0.686. The molecular weight excluding hydrogens is 314 g/mol. The van der Waals surface area contributed by atoms with Gasteiger partial charge in [0.1, 0.15) is 0 Å². The highest BCUT2D eigenvalue weighted by Crippen LogP contribution is 2.30. The number of hydrogen-bond acceptors (Lipinski definition) is 5. The van der Waals surface area contributed by atoms with Crippen molar-refractivity contribution >= 4 is 27.3 Å². The summed E-state index contributed by atoms with van der Waals surface area (Å²) >= 11 is 3.32. The maximum Gasteiger partial charge on any atom is 0.273 e. The SMILES string of the molecule is Cc1cc(CNc2cc(C)c([N+](=O)[O-])cc2Br)on1. The fraction of sp³-hybridized carbons (Fsp3) is 0.250. The van der Waals surface area contributed by atoms with Gasteiger partial charge in [-0.1, -0.05) is 5.16 Å². The Balaban J connectivity index is 2.17. The van der Waals surface area contributed by atoms with Crippen molar-refractivity contribution in [2.75, 3.05) is 5.32 Å². The molecule has 0 saturated heterocycles. The molecule has 0 atom stereocenters. The predicted octanol–water partition coefficient (Wildman–Crippen LogP) is 3.57. The lowest BCUT2D eigenvalue weighted by Gasteiger charge is -2.08. The molecule has 0 fully saturated rings. The van der Waals surface area contributed by atoms with E-state index in [1.807, 2.05) is 13.0 Å². The largest absolute Gasteiger partial charge is 0.377 e. The standard InChI is InChI=1S/C12H12BrN3O3/c1-7-3-11(10(13)5-12(7)16(17)18)14-6-9-4-8(2)15-19-9/h3-5,14H,6H2,1-2H3. The van der Waals surface area contributed by atoms with E-state index in [2.05, 4.69) is 26.4 Å². The first-order valence-electron chi connectivity index (χ1n) is 5.58. The van der Waals surface area contributed by atoms with Crippen molar-refractivity contribution in [3.63, 3.8) is 0 Å². The lowest BCUT2D eigenvalue weighted by molar-refractivity contribution is -0.385. The number of anilines is 1. The fourth-order valence-corrected chi connectivity index (χ4v) is 2.16. The summed E-state index contributed by atoms with van der Waals surface area (Å²) < 4.78 is 5.72. The van der Waals surface area contributed by atoms with Gasteiger partial charge in [0, 0.05) is 27.9 Å². The van der Waals surface area contributed by atoms with Gasteiger partial charge in [0.2, 0.25) is 0 Å². The van der Waals surface area contributed by atoms with Gasteiger partial charge in [-0.05, 0) is 35.8 Å². The Kier molecular flexibility index (Phi) is 3.84. The summed E-state index contributed by atoms with van der Waals surface area (Å²) in [5, 5.41) is 17.7. The van der Waals surface area contributed by atoms with Gasteiger partial charge in [-0.2, -0.15) is 0 Å². The van der Waals surface area contributed by atoms with Crippen LogP contribution in [0.5, 0.6) is 0 Å². The van der Waals surface area contributed by atoms with Crippen molar-refractivity contribution in [2.24, 2.45) is 0 Å². The summed E-state index contributed by atoms with van der Waals surface area (Å²) in [5.41, 5.74) is 2.28. The van der Waals surface area contributed by atoms with Gasteiger partial charge >= 0.3 is 0 Å². The highest BCUT2D eigenvalue weighted by molar-refractivity contribution is 9.10. The first kappa shape index (κ1) is 13.5. The molecule has 7 heteroatoms. The van der Waals surface area contributed by atoms with E-state index in [4.69, 9.17) is 4.52 Å². The molecule has 0 unspecified atom stereocenters. The maximum absolute atomic E-state index is 10.8. The molecule has 0 spiro atoms. The number of aryl methyl sites for hydroxylation is 2. The molecule has 0 aliphatic heterocycles. The molecule has 0 bridgehead atoms. The van der Waals surface area contributed by atoms with E-state index < -0.39 is 4.92 Å². The number of nitro benzene ring substituents is 1. The molecule has 1 N–H and O–H groups in total. The smallest absolute Gasteiger partial charge is 0.273 e. The highest BCUT2D eigenvalue weighted by Gasteiger charge is 2.14. The number of nitro groups is 1. The van der Waals surface area contributed by atoms with Crippen molar-refractivity contribution in [1.29, 1.82) is 0 Å². The molecule has 0 radical (unpaired) electrons. The molecule has 2 aromatic rings. The molecule has 1 aromatic carbocycles. The summed E-state index contributed by atoms with van der Waals surface area (Å²) in [4.78, 5) is 10.4. The number of benzene rings is 1. The van der Waals surface area contributed by atoms with Crippen LogP contribution in [0.2, 0.25) is 0 Å². The molecule has 0 aliphatic rings. The molecule has 1 aromatic heterocycles. The first-order chi connectivity index (χ1) is 8.97. The average Bonchev–Trinajstić information content (AvgIpc) is 2.75. The molecule has 2 rings (SSSR count). The van der Waals surface area contributed by atoms with Gasteiger partial charge < -0.3 is 9.84 Å². The number of nitrogens with one attached hydrogen (secondary N) is 1. The monoisotopic (exact) mass is 325 g/mol. The van der Waals surface area contributed by atoms with Gasteiger partial charge in [-0.25, -0.2) is 0 Å². The van der Waals surface area contributed by atoms with E-state index in [0.29, 0.717) is 22.3 Å². The molecule has 0 aliphatic carbocycles. The summed E-state index contributed by atoms with van der Waals surface area (Å²) in [6.45, 7) is 4.02. The van der Waals surface area contributed by atoms with Crippen LogP contribution < -0.4 is 5.32 Å². The zero-order valence-electron chi connectivity index (χ0n) is 10.4. The lowest BCUT2D eigenvalue weighted by Crippen LogP contribution is -2.01. The normalized spacial score (nSPS) is 10.5. The van der Waals surface area contributed by atoms with Crippen LogP contribution in [0.25, 0.3) is 0 Å². The van der Waals surface area contributed by atoms with Crippen LogP contribution in [0.3, 0.4) is 0 Å². The Bertz CT molecular complexity index is 625. The second kappa shape index (κ2) is 5.40. The van der Waals surface area contributed by atoms with Crippen molar-refractivity contribution in [3.05, 3.63) is 49.8 Å². The third-order valence-electron chi connectivity index (χ3n) is 2.61. The number of aromatic nitrogens is 1. The van der Waals surface area contributed by atoms with Crippen molar-refractivity contribution in [3.8, 4) is 0 Å². The van der Waals surface area contributed by atoms with Crippen molar-refractivity contribution in [1.82, 2.24) is 5.16 Å².